The molecule has 0 aliphatic rings. The highest BCUT2D eigenvalue weighted by atomic mass is 16.3. The van der Waals surface area contributed by atoms with Crippen molar-refractivity contribution in [2.45, 2.75) is 20.1 Å². The molecule has 1 heterocycles. The van der Waals surface area contributed by atoms with Crippen molar-refractivity contribution in [3.8, 4) is 11.3 Å². The highest BCUT2D eigenvalue weighted by Crippen LogP contribution is 2.26. The van der Waals surface area contributed by atoms with E-state index in [1.165, 1.54) is 16.7 Å². The maximum Gasteiger partial charge on any atom is 0.0833 e. The van der Waals surface area contributed by atoms with Crippen molar-refractivity contribution in [1.82, 2.24) is 4.57 Å². The molecule has 21 heavy (non-hydrogen) atoms. The molecular weight excluding hydrogens is 258 g/mol. The molecule has 0 bridgehead atoms. The SMILES string of the molecule is Cc1ccccc1-c1ccc(CO)n1Cc1ccccc1. The van der Waals surface area contributed by atoms with Crippen LogP contribution in [0.4, 0.5) is 0 Å². The van der Waals surface area contributed by atoms with E-state index >= 15 is 0 Å². The van der Waals surface area contributed by atoms with Crippen LogP contribution in [-0.2, 0) is 13.2 Å². The van der Waals surface area contributed by atoms with Crippen LogP contribution in [0.2, 0.25) is 0 Å². The van der Waals surface area contributed by atoms with E-state index in [9.17, 15) is 5.11 Å². The van der Waals surface area contributed by atoms with E-state index in [2.05, 4.69) is 54.0 Å². The Bertz CT molecular complexity index is 728. The third-order valence-corrected chi connectivity index (χ3v) is 3.84. The fraction of sp³-hybridized carbons (Fsp3) is 0.158. The summed E-state index contributed by atoms with van der Waals surface area (Å²) >= 11 is 0. The summed E-state index contributed by atoms with van der Waals surface area (Å²) in [6.07, 6.45) is 0. The van der Waals surface area contributed by atoms with Crippen molar-refractivity contribution in [2.24, 2.45) is 0 Å². The van der Waals surface area contributed by atoms with Gasteiger partial charge in [0.25, 0.3) is 0 Å². The quantitative estimate of drug-likeness (QED) is 0.766. The number of aryl methyl sites for hydroxylation is 1. The number of nitrogens with zero attached hydrogens (tertiary/aromatic N) is 1. The predicted molar refractivity (Wildman–Crippen MR) is 86.1 cm³/mol. The van der Waals surface area contributed by atoms with Crippen molar-refractivity contribution < 1.29 is 5.11 Å². The monoisotopic (exact) mass is 277 g/mol. The van der Waals surface area contributed by atoms with Gasteiger partial charge in [-0.3, -0.25) is 0 Å². The first-order chi connectivity index (χ1) is 10.3. The molecule has 0 fully saturated rings. The predicted octanol–water partition coefficient (Wildman–Crippen LogP) is 4.00. The minimum Gasteiger partial charge on any atom is -0.390 e. The summed E-state index contributed by atoms with van der Waals surface area (Å²) in [5.74, 6) is 0. The highest BCUT2D eigenvalue weighted by molar-refractivity contribution is 5.65. The minimum absolute atomic E-state index is 0.0543. The molecule has 3 rings (SSSR count). The van der Waals surface area contributed by atoms with Gasteiger partial charge in [-0.2, -0.15) is 0 Å². The van der Waals surface area contributed by atoms with E-state index < -0.39 is 0 Å². The molecule has 0 atom stereocenters. The molecule has 3 aromatic rings. The third kappa shape index (κ3) is 2.76. The summed E-state index contributed by atoms with van der Waals surface area (Å²) < 4.78 is 2.19. The van der Waals surface area contributed by atoms with Crippen LogP contribution in [0.5, 0.6) is 0 Å². The molecule has 0 amide bonds. The molecule has 0 saturated carbocycles. The molecular formula is C19H19NO. The largest absolute Gasteiger partial charge is 0.390 e. The van der Waals surface area contributed by atoms with E-state index in [0.29, 0.717) is 0 Å². The van der Waals surface area contributed by atoms with Gasteiger partial charge < -0.3 is 9.67 Å². The first-order valence-corrected chi connectivity index (χ1v) is 7.19. The first-order valence-electron chi connectivity index (χ1n) is 7.19. The van der Waals surface area contributed by atoms with Gasteiger partial charge >= 0.3 is 0 Å². The fourth-order valence-electron chi connectivity index (χ4n) is 2.70. The van der Waals surface area contributed by atoms with Crippen molar-refractivity contribution in [3.05, 3.63) is 83.6 Å². The van der Waals surface area contributed by atoms with Gasteiger partial charge in [-0.15, -0.1) is 0 Å². The van der Waals surface area contributed by atoms with Gasteiger partial charge in [-0.25, -0.2) is 0 Å². The fourth-order valence-corrected chi connectivity index (χ4v) is 2.70. The van der Waals surface area contributed by atoms with E-state index in [-0.39, 0.29) is 6.61 Å². The van der Waals surface area contributed by atoms with E-state index in [1.807, 2.05) is 24.3 Å². The number of hydrogen-bond donors (Lipinski definition) is 1. The maximum atomic E-state index is 9.61. The number of aliphatic hydroxyl groups is 1. The topological polar surface area (TPSA) is 25.2 Å². The number of aromatic nitrogens is 1. The lowest BCUT2D eigenvalue weighted by Gasteiger charge is -2.14. The van der Waals surface area contributed by atoms with Crippen LogP contribution in [0.1, 0.15) is 16.8 Å². The van der Waals surface area contributed by atoms with E-state index in [0.717, 1.165) is 17.9 Å². The number of aliphatic hydroxyl groups excluding tert-OH is 1. The van der Waals surface area contributed by atoms with Crippen LogP contribution in [0.15, 0.2) is 66.7 Å². The Morgan fingerprint density at radius 2 is 1.57 bits per heavy atom. The Labute approximate surface area is 125 Å². The summed E-state index contributed by atoms with van der Waals surface area (Å²) in [6.45, 7) is 2.94. The molecule has 1 N–H and O–H groups in total. The molecule has 2 aromatic carbocycles. The first kappa shape index (κ1) is 13.7. The van der Waals surface area contributed by atoms with Crippen LogP contribution in [0.3, 0.4) is 0 Å². The minimum atomic E-state index is 0.0543. The molecule has 1 aromatic heterocycles. The normalized spacial score (nSPS) is 10.8. The summed E-state index contributed by atoms with van der Waals surface area (Å²) in [7, 11) is 0. The van der Waals surface area contributed by atoms with Gasteiger partial charge in [0, 0.05) is 23.5 Å². The smallest absolute Gasteiger partial charge is 0.0833 e. The average molecular weight is 277 g/mol. The van der Waals surface area contributed by atoms with Gasteiger partial charge in [0.2, 0.25) is 0 Å². The highest BCUT2D eigenvalue weighted by Gasteiger charge is 2.11. The maximum absolute atomic E-state index is 9.61. The molecule has 0 aliphatic carbocycles. The zero-order chi connectivity index (χ0) is 14.7. The molecule has 0 spiro atoms. The number of benzene rings is 2. The van der Waals surface area contributed by atoms with Gasteiger partial charge in [0.15, 0.2) is 0 Å². The second kappa shape index (κ2) is 5.98. The molecule has 2 nitrogen and oxygen atoms in total. The zero-order valence-corrected chi connectivity index (χ0v) is 12.2. The van der Waals surface area contributed by atoms with Crippen LogP contribution < -0.4 is 0 Å². The molecule has 2 heteroatoms. The van der Waals surface area contributed by atoms with Gasteiger partial charge in [0.1, 0.15) is 0 Å². The summed E-state index contributed by atoms with van der Waals surface area (Å²) in [5.41, 5.74) is 5.79. The van der Waals surface area contributed by atoms with Crippen molar-refractivity contribution in [2.75, 3.05) is 0 Å². The Kier molecular flexibility index (Phi) is 3.89. The van der Waals surface area contributed by atoms with Gasteiger partial charge in [-0.1, -0.05) is 54.6 Å². The van der Waals surface area contributed by atoms with Crippen LogP contribution in [0, 0.1) is 6.92 Å². The molecule has 0 saturated heterocycles. The summed E-state index contributed by atoms with van der Waals surface area (Å²) in [6, 6.07) is 22.8. The van der Waals surface area contributed by atoms with Crippen molar-refractivity contribution in [1.29, 1.82) is 0 Å². The number of hydrogen-bond acceptors (Lipinski definition) is 1. The lowest BCUT2D eigenvalue weighted by atomic mass is 10.1. The second-order valence-electron chi connectivity index (χ2n) is 5.25. The van der Waals surface area contributed by atoms with Crippen molar-refractivity contribution in [3.63, 3.8) is 0 Å². The Hall–Kier alpha value is -2.32. The Morgan fingerprint density at radius 3 is 2.29 bits per heavy atom. The van der Waals surface area contributed by atoms with Crippen molar-refractivity contribution >= 4 is 0 Å². The third-order valence-electron chi connectivity index (χ3n) is 3.84. The molecule has 0 unspecified atom stereocenters. The van der Waals surface area contributed by atoms with E-state index in [1.54, 1.807) is 0 Å². The molecule has 0 aliphatic heterocycles. The van der Waals surface area contributed by atoms with E-state index in [4.69, 9.17) is 0 Å². The zero-order valence-electron chi connectivity index (χ0n) is 12.2. The molecule has 0 radical (unpaired) electrons. The molecule has 106 valence electrons. The van der Waals surface area contributed by atoms with Gasteiger partial charge in [-0.05, 0) is 30.2 Å². The Morgan fingerprint density at radius 1 is 0.857 bits per heavy atom. The number of rotatable bonds is 4. The average Bonchev–Trinajstić information content (AvgIpc) is 2.91. The van der Waals surface area contributed by atoms with Gasteiger partial charge in [0.05, 0.1) is 6.61 Å². The summed E-state index contributed by atoms with van der Waals surface area (Å²) in [4.78, 5) is 0. The summed E-state index contributed by atoms with van der Waals surface area (Å²) in [5, 5.41) is 9.61. The van der Waals surface area contributed by atoms with Crippen LogP contribution in [0.25, 0.3) is 11.3 Å². The van der Waals surface area contributed by atoms with Crippen LogP contribution in [-0.4, -0.2) is 9.67 Å². The second-order valence-corrected chi connectivity index (χ2v) is 5.25. The van der Waals surface area contributed by atoms with Crippen LogP contribution >= 0.6 is 0 Å². The Balaban J connectivity index is 2.07. The lowest BCUT2D eigenvalue weighted by Crippen LogP contribution is -2.06. The standard InChI is InChI=1S/C19H19NO/c1-15-7-5-6-10-18(15)19-12-11-17(14-21)20(19)13-16-8-3-2-4-9-16/h2-12,21H,13-14H2,1H3. The lowest BCUT2D eigenvalue weighted by molar-refractivity contribution is 0.272.